The molecule has 0 unspecified atom stereocenters. The van der Waals surface area contributed by atoms with Gasteiger partial charge in [-0.3, -0.25) is 0 Å². The predicted molar refractivity (Wildman–Crippen MR) is 34.6 cm³/mol. The van der Waals surface area contributed by atoms with E-state index in [9.17, 15) is 8.42 Å². The lowest BCUT2D eigenvalue weighted by atomic mass is 10.1. The fourth-order valence-corrected chi connectivity index (χ4v) is 3.23. The van der Waals surface area contributed by atoms with Crippen molar-refractivity contribution in [1.29, 1.82) is 0 Å². The molecular weight excluding hydrogens is 138 g/mol. The van der Waals surface area contributed by atoms with Gasteiger partial charge in [0.15, 0.2) is 9.84 Å². The molecule has 1 atom stereocenters. The standard InChI is InChI=1S/C5H11NO2S/c1-5(6)2-3-9(7,8)4-5/h2-4,6H2,1H3/p+1/t5-/m1/s1. The maximum absolute atomic E-state index is 10.8. The van der Waals surface area contributed by atoms with Gasteiger partial charge in [0.05, 0.1) is 5.75 Å². The highest BCUT2D eigenvalue weighted by molar-refractivity contribution is 7.91. The van der Waals surface area contributed by atoms with Crippen LogP contribution in [0.4, 0.5) is 0 Å². The molecule has 4 heteroatoms. The molecule has 0 saturated carbocycles. The summed E-state index contributed by atoms with van der Waals surface area (Å²) in [7, 11) is -2.72. The molecule has 0 aromatic heterocycles. The van der Waals surface area contributed by atoms with Crippen LogP contribution in [0, 0.1) is 0 Å². The largest absolute Gasteiger partial charge is 0.352 e. The molecule has 0 aromatic rings. The van der Waals surface area contributed by atoms with Crippen LogP contribution < -0.4 is 5.73 Å². The van der Waals surface area contributed by atoms with Crippen LogP contribution in [0.15, 0.2) is 0 Å². The number of rotatable bonds is 0. The number of hydrogen-bond acceptors (Lipinski definition) is 2. The maximum Gasteiger partial charge on any atom is 0.156 e. The van der Waals surface area contributed by atoms with Crippen molar-refractivity contribution in [1.82, 2.24) is 0 Å². The lowest BCUT2D eigenvalue weighted by Crippen LogP contribution is -2.71. The molecular formula is C5H12NO2S+. The predicted octanol–water partition coefficient (Wildman–Crippen LogP) is -1.19. The third-order valence-electron chi connectivity index (χ3n) is 1.58. The van der Waals surface area contributed by atoms with Crippen molar-refractivity contribution in [2.45, 2.75) is 18.9 Å². The normalized spacial score (nSPS) is 41.1. The molecule has 3 nitrogen and oxygen atoms in total. The Balaban J connectivity index is 2.81. The SMILES string of the molecule is C[C@@]1([NH3+])CCS(=O)(=O)C1. The molecule has 0 amide bonds. The summed E-state index contributed by atoms with van der Waals surface area (Å²) in [5.74, 6) is 0.590. The van der Waals surface area contributed by atoms with E-state index in [4.69, 9.17) is 0 Å². The van der Waals surface area contributed by atoms with E-state index in [2.05, 4.69) is 5.73 Å². The highest BCUT2D eigenvalue weighted by Gasteiger charge is 2.38. The van der Waals surface area contributed by atoms with Crippen LogP contribution >= 0.6 is 0 Å². The Morgan fingerprint density at radius 3 is 2.22 bits per heavy atom. The van der Waals surface area contributed by atoms with Crippen LogP contribution in [0.3, 0.4) is 0 Å². The van der Waals surface area contributed by atoms with Gasteiger partial charge in [0.2, 0.25) is 0 Å². The van der Waals surface area contributed by atoms with Gasteiger partial charge in [0.25, 0.3) is 0 Å². The summed E-state index contributed by atoms with van der Waals surface area (Å²) in [6.45, 7) is 1.89. The minimum atomic E-state index is -2.72. The summed E-state index contributed by atoms with van der Waals surface area (Å²) >= 11 is 0. The fraction of sp³-hybridized carbons (Fsp3) is 1.00. The monoisotopic (exact) mass is 150 g/mol. The van der Waals surface area contributed by atoms with Crippen molar-refractivity contribution in [2.24, 2.45) is 0 Å². The molecule has 0 aromatic carbocycles. The van der Waals surface area contributed by atoms with Crippen LogP contribution in [-0.4, -0.2) is 25.5 Å². The molecule has 0 radical (unpaired) electrons. The van der Waals surface area contributed by atoms with Crippen molar-refractivity contribution >= 4 is 9.84 Å². The molecule has 1 aliphatic rings. The molecule has 3 N–H and O–H groups in total. The Kier molecular flexibility index (Phi) is 1.33. The van der Waals surface area contributed by atoms with Gasteiger partial charge in [-0.2, -0.15) is 0 Å². The second kappa shape index (κ2) is 1.70. The average molecular weight is 150 g/mol. The van der Waals surface area contributed by atoms with Gasteiger partial charge in [-0.05, 0) is 6.92 Å². The smallest absolute Gasteiger partial charge is 0.156 e. The van der Waals surface area contributed by atoms with Crippen molar-refractivity contribution < 1.29 is 14.2 Å². The highest BCUT2D eigenvalue weighted by atomic mass is 32.2. The summed E-state index contributed by atoms with van der Waals surface area (Å²) in [6.07, 6.45) is 0.718. The van der Waals surface area contributed by atoms with Gasteiger partial charge in [-0.1, -0.05) is 0 Å². The van der Waals surface area contributed by atoms with Crippen molar-refractivity contribution in [2.75, 3.05) is 11.5 Å². The van der Waals surface area contributed by atoms with Gasteiger partial charge >= 0.3 is 0 Å². The van der Waals surface area contributed by atoms with E-state index in [1.807, 2.05) is 6.92 Å². The molecule has 9 heavy (non-hydrogen) atoms. The Bertz CT molecular complexity index is 205. The van der Waals surface area contributed by atoms with E-state index in [1.54, 1.807) is 0 Å². The third kappa shape index (κ3) is 1.66. The molecule has 1 fully saturated rings. The lowest BCUT2D eigenvalue weighted by molar-refractivity contribution is -0.462. The molecule has 0 aliphatic carbocycles. The zero-order valence-corrected chi connectivity index (χ0v) is 6.37. The summed E-state index contributed by atoms with van der Waals surface area (Å²) in [5.41, 5.74) is 3.58. The first-order valence-electron chi connectivity index (χ1n) is 2.97. The Labute approximate surface area is 55.2 Å². The Morgan fingerprint density at radius 2 is 2.11 bits per heavy atom. The first-order chi connectivity index (χ1) is 3.91. The van der Waals surface area contributed by atoms with E-state index < -0.39 is 9.84 Å². The van der Waals surface area contributed by atoms with Crippen LogP contribution in [0.1, 0.15) is 13.3 Å². The Morgan fingerprint density at radius 1 is 1.56 bits per heavy atom. The van der Waals surface area contributed by atoms with E-state index in [0.29, 0.717) is 5.75 Å². The van der Waals surface area contributed by atoms with Crippen LogP contribution in [-0.2, 0) is 9.84 Å². The van der Waals surface area contributed by atoms with Gasteiger partial charge in [-0.15, -0.1) is 0 Å². The zero-order chi connectivity index (χ0) is 7.12. The van der Waals surface area contributed by atoms with E-state index >= 15 is 0 Å². The Hall–Kier alpha value is -0.0900. The van der Waals surface area contributed by atoms with Gasteiger partial charge in [0, 0.05) is 6.42 Å². The van der Waals surface area contributed by atoms with Crippen molar-refractivity contribution in [3.63, 3.8) is 0 Å². The second-order valence-corrected chi connectivity index (χ2v) is 5.34. The summed E-state index contributed by atoms with van der Waals surface area (Å²) < 4.78 is 21.6. The summed E-state index contributed by atoms with van der Waals surface area (Å²) in [6, 6.07) is 0. The van der Waals surface area contributed by atoms with Crippen molar-refractivity contribution in [3.8, 4) is 0 Å². The quantitative estimate of drug-likeness (QED) is 0.472. The lowest BCUT2D eigenvalue weighted by Gasteiger charge is -2.08. The third-order valence-corrected chi connectivity index (χ3v) is 3.55. The molecule has 1 saturated heterocycles. The van der Waals surface area contributed by atoms with Crippen LogP contribution in [0.2, 0.25) is 0 Å². The topological polar surface area (TPSA) is 61.8 Å². The van der Waals surface area contributed by atoms with E-state index in [-0.39, 0.29) is 11.3 Å². The van der Waals surface area contributed by atoms with Crippen LogP contribution in [0.25, 0.3) is 0 Å². The summed E-state index contributed by atoms with van der Waals surface area (Å²) in [4.78, 5) is 0. The molecule has 0 spiro atoms. The molecule has 54 valence electrons. The average Bonchev–Trinajstić information content (AvgIpc) is 1.78. The van der Waals surface area contributed by atoms with Gasteiger partial charge < -0.3 is 5.73 Å². The van der Waals surface area contributed by atoms with Crippen molar-refractivity contribution in [3.05, 3.63) is 0 Å². The van der Waals surface area contributed by atoms with Crippen LogP contribution in [0.5, 0.6) is 0 Å². The maximum atomic E-state index is 10.8. The van der Waals surface area contributed by atoms with Gasteiger partial charge in [-0.25, -0.2) is 8.42 Å². The minimum absolute atomic E-state index is 0.209. The van der Waals surface area contributed by atoms with Gasteiger partial charge in [0.1, 0.15) is 11.3 Å². The van der Waals surface area contributed by atoms with E-state index in [1.165, 1.54) is 0 Å². The molecule has 1 heterocycles. The number of hydrogen-bond donors (Lipinski definition) is 1. The highest BCUT2D eigenvalue weighted by Crippen LogP contribution is 2.17. The number of quaternary nitrogens is 1. The fourth-order valence-electron chi connectivity index (χ4n) is 1.08. The molecule has 0 bridgehead atoms. The molecule has 1 aliphatic heterocycles. The molecule has 1 rings (SSSR count). The first-order valence-corrected chi connectivity index (χ1v) is 4.79. The zero-order valence-electron chi connectivity index (χ0n) is 5.55. The first kappa shape index (κ1) is 7.02. The second-order valence-electron chi connectivity index (χ2n) is 3.15. The minimum Gasteiger partial charge on any atom is -0.352 e. The van der Waals surface area contributed by atoms with E-state index in [0.717, 1.165) is 6.42 Å². The summed E-state index contributed by atoms with van der Waals surface area (Å²) in [5, 5.41) is 0. The number of sulfone groups is 1.